The molecule has 1 atom stereocenters. The lowest BCUT2D eigenvalue weighted by molar-refractivity contribution is -0.155. The highest BCUT2D eigenvalue weighted by Gasteiger charge is 2.26. The van der Waals surface area contributed by atoms with Gasteiger partial charge in [0.15, 0.2) is 24.2 Å². The van der Waals surface area contributed by atoms with Gasteiger partial charge in [-0.15, -0.1) is 0 Å². The Hall–Kier alpha value is -3.79. The van der Waals surface area contributed by atoms with E-state index < -0.39 is 12.1 Å². The largest absolute Gasteiger partial charge is 0.493 e. The molecule has 0 saturated heterocycles. The van der Waals surface area contributed by atoms with E-state index in [9.17, 15) is 9.59 Å². The lowest BCUT2D eigenvalue weighted by Gasteiger charge is -2.30. The number of methoxy groups -OCH3 is 1. The molecule has 31 heavy (non-hydrogen) atoms. The molecule has 0 bridgehead atoms. The summed E-state index contributed by atoms with van der Waals surface area (Å²) in [6.45, 7) is 2.62. The standard InChI is InChI=1S/C24H24N2O5/c1-17(24(28)26-13-11-19-5-3-4-6-20(19)16-26)31-23(27)10-8-18-7-9-21(30-14-12-25)22(15-18)29-2/h3-10,15,17H,11,13-14,16H2,1-2H3/b10-8+/t17-/m1/s1. The molecule has 0 saturated carbocycles. The zero-order valence-electron chi connectivity index (χ0n) is 17.5. The Kier molecular flexibility index (Phi) is 7.28. The Balaban J connectivity index is 1.57. The van der Waals surface area contributed by atoms with E-state index in [0.717, 1.165) is 12.0 Å². The molecule has 7 heteroatoms. The van der Waals surface area contributed by atoms with E-state index >= 15 is 0 Å². The molecule has 0 spiro atoms. The average Bonchev–Trinajstić information content (AvgIpc) is 2.80. The Bertz CT molecular complexity index is 1020. The third-order valence-corrected chi connectivity index (χ3v) is 4.97. The van der Waals surface area contributed by atoms with Gasteiger partial charge in [-0.2, -0.15) is 5.26 Å². The van der Waals surface area contributed by atoms with Gasteiger partial charge in [-0.1, -0.05) is 30.3 Å². The number of carbonyl (C=O) groups is 2. The summed E-state index contributed by atoms with van der Waals surface area (Å²) >= 11 is 0. The van der Waals surface area contributed by atoms with Crippen LogP contribution in [0.4, 0.5) is 0 Å². The van der Waals surface area contributed by atoms with Crippen LogP contribution in [0.1, 0.15) is 23.6 Å². The van der Waals surface area contributed by atoms with E-state index in [1.165, 1.54) is 18.7 Å². The fraction of sp³-hybridized carbons (Fsp3) is 0.292. The first kappa shape index (κ1) is 21.9. The van der Waals surface area contributed by atoms with Crippen molar-refractivity contribution in [3.63, 3.8) is 0 Å². The predicted molar refractivity (Wildman–Crippen MR) is 114 cm³/mol. The SMILES string of the molecule is COc1cc(/C=C/C(=O)O[C@H](C)C(=O)N2CCc3ccccc3C2)ccc1OCC#N. The molecule has 1 amide bonds. The van der Waals surface area contributed by atoms with E-state index in [-0.39, 0.29) is 12.5 Å². The van der Waals surface area contributed by atoms with Crippen LogP contribution >= 0.6 is 0 Å². The van der Waals surface area contributed by atoms with Crippen molar-refractivity contribution < 1.29 is 23.8 Å². The summed E-state index contributed by atoms with van der Waals surface area (Å²) in [6.07, 6.45) is 2.74. The van der Waals surface area contributed by atoms with Crippen LogP contribution in [0.25, 0.3) is 6.08 Å². The number of hydrogen-bond acceptors (Lipinski definition) is 6. The van der Waals surface area contributed by atoms with E-state index in [2.05, 4.69) is 6.07 Å². The van der Waals surface area contributed by atoms with Crippen LogP contribution in [0, 0.1) is 11.3 Å². The highest BCUT2D eigenvalue weighted by Crippen LogP contribution is 2.28. The number of nitrogens with zero attached hydrogens (tertiary/aromatic N) is 2. The molecule has 0 radical (unpaired) electrons. The van der Waals surface area contributed by atoms with Crippen molar-refractivity contribution in [3.05, 3.63) is 65.2 Å². The smallest absolute Gasteiger partial charge is 0.331 e. The molecular formula is C24H24N2O5. The van der Waals surface area contributed by atoms with Crippen molar-refractivity contribution in [1.82, 2.24) is 4.90 Å². The second kappa shape index (κ2) is 10.3. The van der Waals surface area contributed by atoms with E-state index in [1.807, 2.05) is 24.3 Å². The predicted octanol–water partition coefficient (Wildman–Crippen LogP) is 3.13. The highest BCUT2D eigenvalue weighted by atomic mass is 16.5. The Morgan fingerprint density at radius 3 is 2.71 bits per heavy atom. The van der Waals surface area contributed by atoms with Crippen LogP contribution in [0.2, 0.25) is 0 Å². The number of hydrogen-bond donors (Lipinski definition) is 0. The minimum absolute atomic E-state index is 0.0909. The molecule has 0 N–H and O–H groups in total. The van der Waals surface area contributed by atoms with Crippen LogP contribution in [-0.4, -0.2) is 43.1 Å². The number of benzene rings is 2. The van der Waals surface area contributed by atoms with Gasteiger partial charge in [0.1, 0.15) is 6.07 Å². The summed E-state index contributed by atoms with van der Waals surface area (Å²) in [5, 5.41) is 8.62. The molecule has 2 aromatic carbocycles. The maximum Gasteiger partial charge on any atom is 0.331 e. The monoisotopic (exact) mass is 420 g/mol. The first-order chi connectivity index (χ1) is 15.0. The average molecular weight is 420 g/mol. The maximum atomic E-state index is 12.7. The van der Waals surface area contributed by atoms with Crippen molar-refractivity contribution in [2.75, 3.05) is 20.3 Å². The summed E-state index contributed by atoms with van der Waals surface area (Å²) < 4.78 is 15.8. The van der Waals surface area contributed by atoms with Gasteiger partial charge in [0.25, 0.3) is 5.91 Å². The minimum Gasteiger partial charge on any atom is -0.493 e. The summed E-state index contributed by atoms with van der Waals surface area (Å²) in [4.78, 5) is 26.6. The number of ether oxygens (including phenoxy) is 3. The summed E-state index contributed by atoms with van der Waals surface area (Å²) in [7, 11) is 1.49. The number of carbonyl (C=O) groups excluding carboxylic acids is 2. The van der Waals surface area contributed by atoms with E-state index in [1.54, 1.807) is 36.1 Å². The molecule has 0 aromatic heterocycles. The first-order valence-corrected chi connectivity index (χ1v) is 9.94. The molecule has 1 heterocycles. The van der Waals surface area contributed by atoms with Gasteiger partial charge in [-0.3, -0.25) is 4.79 Å². The van der Waals surface area contributed by atoms with Gasteiger partial charge >= 0.3 is 5.97 Å². The fourth-order valence-electron chi connectivity index (χ4n) is 3.39. The lowest BCUT2D eigenvalue weighted by Crippen LogP contribution is -2.42. The van der Waals surface area contributed by atoms with Gasteiger partial charge in [0.05, 0.1) is 7.11 Å². The normalized spacial score (nSPS) is 13.8. The summed E-state index contributed by atoms with van der Waals surface area (Å²) in [5.41, 5.74) is 3.06. The van der Waals surface area contributed by atoms with Crippen molar-refractivity contribution in [2.45, 2.75) is 26.0 Å². The van der Waals surface area contributed by atoms with Crippen LogP contribution in [0.5, 0.6) is 11.5 Å². The Morgan fingerprint density at radius 1 is 1.19 bits per heavy atom. The number of fused-ring (bicyclic) bond motifs is 1. The number of esters is 1. The number of nitriles is 1. The molecule has 1 aliphatic rings. The quantitative estimate of drug-likeness (QED) is 0.505. The van der Waals surface area contributed by atoms with Crippen molar-refractivity contribution >= 4 is 18.0 Å². The van der Waals surface area contributed by atoms with Gasteiger partial charge in [0, 0.05) is 19.2 Å². The fourth-order valence-corrected chi connectivity index (χ4v) is 3.39. The van der Waals surface area contributed by atoms with Gasteiger partial charge in [-0.25, -0.2) is 4.79 Å². The second-order valence-corrected chi connectivity index (χ2v) is 7.05. The second-order valence-electron chi connectivity index (χ2n) is 7.05. The van der Waals surface area contributed by atoms with Crippen LogP contribution < -0.4 is 9.47 Å². The van der Waals surface area contributed by atoms with Crippen molar-refractivity contribution in [2.24, 2.45) is 0 Å². The zero-order chi connectivity index (χ0) is 22.2. The Labute approximate surface area is 181 Å². The third kappa shape index (κ3) is 5.64. The Morgan fingerprint density at radius 2 is 1.97 bits per heavy atom. The maximum absolute atomic E-state index is 12.7. The van der Waals surface area contributed by atoms with Gasteiger partial charge in [0.2, 0.25) is 0 Å². The summed E-state index contributed by atoms with van der Waals surface area (Å²) in [5.74, 6) is 0.0599. The van der Waals surface area contributed by atoms with E-state index in [4.69, 9.17) is 19.5 Å². The van der Waals surface area contributed by atoms with Crippen molar-refractivity contribution in [1.29, 1.82) is 5.26 Å². The van der Waals surface area contributed by atoms with Crippen LogP contribution in [0.3, 0.4) is 0 Å². The molecule has 7 nitrogen and oxygen atoms in total. The van der Waals surface area contributed by atoms with Crippen LogP contribution in [-0.2, 0) is 27.3 Å². The first-order valence-electron chi connectivity index (χ1n) is 9.94. The number of rotatable bonds is 7. The van der Waals surface area contributed by atoms with E-state index in [0.29, 0.717) is 30.2 Å². The van der Waals surface area contributed by atoms with Crippen molar-refractivity contribution in [3.8, 4) is 17.6 Å². The topological polar surface area (TPSA) is 88.9 Å². The molecule has 3 rings (SSSR count). The molecule has 0 aliphatic carbocycles. The molecule has 160 valence electrons. The lowest BCUT2D eigenvalue weighted by atomic mass is 9.99. The van der Waals surface area contributed by atoms with Crippen LogP contribution in [0.15, 0.2) is 48.5 Å². The highest BCUT2D eigenvalue weighted by molar-refractivity contribution is 5.90. The molecule has 1 aliphatic heterocycles. The molecule has 0 fully saturated rings. The number of amides is 1. The molecular weight excluding hydrogens is 396 g/mol. The molecule has 2 aromatic rings. The summed E-state index contributed by atoms with van der Waals surface area (Å²) in [6, 6.07) is 15.0. The third-order valence-electron chi connectivity index (χ3n) is 4.97. The zero-order valence-corrected chi connectivity index (χ0v) is 17.5. The molecule has 0 unspecified atom stereocenters. The van der Waals surface area contributed by atoms with Gasteiger partial charge < -0.3 is 19.1 Å². The minimum atomic E-state index is -0.876. The van der Waals surface area contributed by atoms with Gasteiger partial charge in [-0.05, 0) is 48.2 Å².